The minimum absolute atomic E-state index is 0.0430. The molecule has 8 N–H and O–H groups in total. The number of carboxylic acids is 1. The fourth-order valence-corrected chi connectivity index (χ4v) is 2.46. The van der Waals surface area contributed by atoms with Gasteiger partial charge < -0.3 is 32.5 Å². The van der Waals surface area contributed by atoms with Crippen LogP contribution in [-0.2, 0) is 24.0 Å². The van der Waals surface area contributed by atoms with Crippen LogP contribution >= 0.6 is 11.8 Å². The van der Waals surface area contributed by atoms with Crippen LogP contribution in [0.25, 0.3) is 0 Å². The second kappa shape index (κ2) is 12.9. The van der Waals surface area contributed by atoms with Crippen molar-refractivity contribution < 1.29 is 29.1 Å². The average Bonchev–Trinajstić information content (AvgIpc) is 2.62. The Labute approximate surface area is 167 Å². The van der Waals surface area contributed by atoms with Gasteiger partial charge in [-0.2, -0.15) is 11.8 Å². The Morgan fingerprint density at radius 3 is 2.00 bits per heavy atom. The smallest absolute Gasteiger partial charge is 0.325 e. The Balaban J connectivity index is 4.81. The van der Waals surface area contributed by atoms with Crippen LogP contribution in [0, 0.1) is 0 Å². The van der Waals surface area contributed by atoms with Gasteiger partial charge in [0.15, 0.2) is 0 Å². The molecule has 4 atom stereocenters. The van der Waals surface area contributed by atoms with Crippen LogP contribution in [0.4, 0.5) is 0 Å². The highest BCUT2D eigenvalue weighted by Crippen LogP contribution is 2.03. The number of carboxylic acid groups (broad SMARTS) is 1. The number of aliphatic carboxylic acids is 1. The number of hydrogen-bond acceptors (Lipinski definition) is 7. The quantitative estimate of drug-likeness (QED) is 0.195. The van der Waals surface area contributed by atoms with Crippen LogP contribution in [0.3, 0.4) is 0 Å². The summed E-state index contributed by atoms with van der Waals surface area (Å²) in [4.78, 5) is 58.2. The van der Waals surface area contributed by atoms with Gasteiger partial charge >= 0.3 is 5.97 Å². The molecule has 0 heterocycles. The van der Waals surface area contributed by atoms with Gasteiger partial charge in [-0.15, -0.1) is 0 Å². The lowest BCUT2D eigenvalue weighted by Crippen LogP contribution is -2.56. The fraction of sp³-hybridized carbons (Fsp3) is 0.688. The van der Waals surface area contributed by atoms with Gasteiger partial charge in [0, 0.05) is 6.42 Å². The lowest BCUT2D eigenvalue weighted by atomic mass is 10.1. The Morgan fingerprint density at radius 1 is 0.929 bits per heavy atom. The number of nitrogens with one attached hydrogen (secondary N) is 3. The highest BCUT2D eigenvalue weighted by Gasteiger charge is 2.27. The molecular formula is C16H29N5O6S. The molecule has 0 saturated heterocycles. The summed E-state index contributed by atoms with van der Waals surface area (Å²) >= 11 is 1.46. The monoisotopic (exact) mass is 419 g/mol. The van der Waals surface area contributed by atoms with E-state index in [1.54, 1.807) is 0 Å². The summed E-state index contributed by atoms with van der Waals surface area (Å²) in [5, 5.41) is 16.1. The first-order chi connectivity index (χ1) is 13.0. The lowest BCUT2D eigenvalue weighted by molar-refractivity contribution is -0.141. The molecule has 28 heavy (non-hydrogen) atoms. The Hall–Kier alpha value is -2.34. The Bertz CT molecular complexity index is 588. The summed E-state index contributed by atoms with van der Waals surface area (Å²) < 4.78 is 0. The highest BCUT2D eigenvalue weighted by molar-refractivity contribution is 7.98. The van der Waals surface area contributed by atoms with Gasteiger partial charge in [-0.3, -0.25) is 24.0 Å². The van der Waals surface area contributed by atoms with Crippen molar-refractivity contribution >= 4 is 41.4 Å². The number of hydrogen-bond donors (Lipinski definition) is 6. The number of rotatable bonds is 13. The Morgan fingerprint density at radius 2 is 1.50 bits per heavy atom. The molecule has 12 heteroatoms. The van der Waals surface area contributed by atoms with Crippen LogP contribution in [0.2, 0.25) is 0 Å². The largest absolute Gasteiger partial charge is 0.480 e. The molecule has 11 nitrogen and oxygen atoms in total. The molecule has 0 fully saturated rings. The SMILES string of the molecule is CSCCC(NC(=O)C(C)NC(=O)C(N)CCC(N)=O)C(=O)NC(C)C(=O)O. The second-order valence-corrected chi connectivity index (χ2v) is 7.24. The maximum Gasteiger partial charge on any atom is 0.325 e. The van der Waals surface area contributed by atoms with E-state index in [2.05, 4.69) is 16.0 Å². The van der Waals surface area contributed by atoms with Crippen molar-refractivity contribution in [2.24, 2.45) is 11.5 Å². The molecule has 0 spiro atoms. The molecule has 0 aromatic heterocycles. The van der Waals surface area contributed by atoms with Gasteiger partial charge in [0.2, 0.25) is 23.6 Å². The van der Waals surface area contributed by atoms with Gasteiger partial charge in [0.25, 0.3) is 0 Å². The first-order valence-electron chi connectivity index (χ1n) is 8.66. The number of amides is 4. The maximum atomic E-state index is 12.3. The zero-order valence-corrected chi connectivity index (χ0v) is 17.0. The third-order valence-corrected chi connectivity index (χ3v) is 4.41. The summed E-state index contributed by atoms with van der Waals surface area (Å²) in [6.07, 6.45) is 2.09. The predicted molar refractivity (Wildman–Crippen MR) is 104 cm³/mol. The number of thioether (sulfide) groups is 1. The van der Waals surface area contributed by atoms with Gasteiger partial charge in [-0.25, -0.2) is 0 Å². The van der Waals surface area contributed by atoms with Crippen LogP contribution < -0.4 is 27.4 Å². The first kappa shape index (κ1) is 25.7. The standard InChI is InChI=1S/C16H29N5O6S/c1-8(19-14(24)10(17)4-5-12(18)22)13(23)21-11(6-7-28-3)15(25)20-9(2)16(26)27/h8-11H,4-7,17H2,1-3H3,(H2,18,22)(H,19,24)(H,20,25)(H,21,23)(H,26,27). The van der Waals surface area contributed by atoms with Crippen LogP contribution in [0.15, 0.2) is 0 Å². The zero-order valence-electron chi connectivity index (χ0n) is 16.2. The molecular weight excluding hydrogens is 390 g/mol. The third-order valence-electron chi connectivity index (χ3n) is 3.76. The molecule has 160 valence electrons. The summed E-state index contributed by atoms with van der Waals surface area (Å²) in [6, 6.07) is -4.06. The van der Waals surface area contributed by atoms with E-state index in [0.29, 0.717) is 5.75 Å². The molecule has 0 bridgehead atoms. The molecule has 0 aliphatic carbocycles. The first-order valence-corrected chi connectivity index (χ1v) is 10.1. The number of carbonyl (C=O) groups is 5. The lowest BCUT2D eigenvalue weighted by Gasteiger charge is -2.22. The van der Waals surface area contributed by atoms with E-state index in [4.69, 9.17) is 16.6 Å². The predicted octanol–water partition coefficient (Wildman–Crippen LogP) is -2.09. The number of carbonyl (C=O) groups excluding carboxylic acids is 4. The zero-order chi connectivity index (χ0) is 21.9. The van der Waals surface area contributed by atoms with Gasteiger partial charge in [-0.1, -0.05) is 0 Å². The average molecular weight is 420 g/mol. The summed E-state index contributed by atoms with van der Waals surface area (Å²) in [6.45, 7) is 2.72. The summed E-state index contributed by atoms with van der Waals surface area (Å²) in [5.41, 5.74) is 10.6. The van der Waals surface area contributed by atoms with Gasteiger partial charge in [-0.05, 0) is 38.7 Å². The number of primary amides is 1. The molecule has 4 unspecified atom stereocenters. The molecule has 0 aromatic carbocycles. The second-order valence-electron chi connectivity index (χ2n) is 6.25. The number of nitrogens with two attached hydrogens (primary N) is 2. The van der Waals surface area contributed by atoms with Crippen molar-refractivity contribution in [3.63, 3.8) is 0 Å². The van der Waals surface area contributed by atoms with E-state index in [0.717, 1.165) is 0 Å². The van der Waals surface area contributed by atoms with Gasteiger partial charge in [0.1, 0.15) is 18.1 Å². The van der Waals surface area contributed by atoms with Crippen molar-refractivity contribution in [2.45, 2.75) is 57.3 Å². The topological polar surface area (TPSA) is 194 Å². The van der Waals surface area contributed by atoms with Crippen molar-refractivity contribution in [1.29, 1.82) is 0 Å². The van der Waals surface area contributed by atoms with Crippen LogP contribution in [0.1, 0.15) is 33.1 Å². The highest BCUT2D eigenvalue weighted by atomic mass is 32.2. The van der Waals surface area contributed by atoms with Crippen molar-refractivity contribution in [1.82, 2.24) is 16.0 Å². The van der Waals surface area contributed by atoms with E-state index in [9.17, 15) is 24.0 Å². The van der Waals surface area contributed by atoms with E-state index >= 15 is 0 Å². The van der Waals surface area contributed by atoms with Crippen molar-refractivity contribution in [2.75, 3.05) is 12.0 Å². The third kappa shape index (κ3) is 10.1. The molecule has 0 aliphatic heterocycles. The van der Waals surface area contributed by atoms with E-state index in [1.165, 1.54) is 25.6 Å². The molecule has 0 radical (unpaired) electrons. The summed E-state index contributed by atoms with van der Waals surface area (Å²) in [5.74, 6) is -3.12. The molecule has 0 saturated carbocycles. The van der Waals surface area contributed by atoms with Crippen LogP contribution in [-0.4, -0.2) is 70.9 Å². The summed E-state index contributed by atoms with van der Waals surface area (Å²) in [7, 11) is 0. The molecule has 0 aliphatic rings. The van der Waals surface area contributed by atoms with Crippen molar-refractivity contribution in [3.05, 3.63) is 0 Å². The molecule has 0 aromatic rings. The minimum atomic E-state index is -1.20. The minimum Gasteiger partial charge on any atom is -0.480 e. The maximum absolute atomic E-state index is 12.3. The van der Waals surface area contributed by atoms with Crippen molar-refractivity contribution in [3.8, 4) is 0 Å². The van der Waals surface area contributed by atoms with Crippen LogP contribution in [0.5, 0.6) is 0 Å². The molecule has 4 amide bonds. The molecule has 0 rings (SSSR count). The normalized spacial score (nSPS) is 14.9. The van der Waals surface area contributed by atoms with E-state index < -0.39 is 53.8 Å². The van der Waals surface area contributed by atoms with E-state index in [1.807, 2.05) is 6.26 Å². The fourth-order valence-electron chi connectivity index (χ4n) is 1.99. The van der Waals surface area contributed by atoms with E-state index in [-0.39, 0.29) is 19.3 Å². The van der Waals surface area contributed by atoms with Gasteiger partial charge in [0.05, 0.1) is 6.04 Å². The Kier molecular flexibility index (Phi) is 11.9.